The van der Waals surface area contributed by atoms with E-state index in [9.17, 15) is 0 Å². The average molecular weight is 451 g/mol. The maximum Gasteiger partial charge on any atom is 0.230 e. The van der Waals surface area contributed by atoms with Gasteiger partial charge in [0, 0.05) is 11.5 Å². The summed E-state index contributed by atoms with van der Waals surface area (Å²) in [5, 5.41) is 4.34. The molecule has 2 aliphatic rings. The van der Waals surface area contributed by atoms with Gasteiger partial charge in [-0.15, -0.1) is 0 Å². The summed E-state index contributed by atoms with van der Waals surface area (Å²) in [7, 11) is 0. The summed E-state index contributed by atoms with van der Waals surface area (Å²) in [4.78, 5) is 4.81. The molecule has 33 heavy (non-hydrogen) atoms. The van der Waals surface area contributed by atoms with Gasteiger partial charge in [-0.2, -0.15) is 4.98 Å². The molecule has 1 heterocycles. The lowest BCUT2D eigenvalue weighted by atomic mass is 9.77. The van der Waals surface area contributed by atoms with Crippen molar-refractivity contribution in [3.8, 4) is 11.4 Å². The zero-order valence-electron chi connectivity index (χ0n) is 21.2. The second-order valence-electron chi connectivity index (χ2n) is 11.0. The van der Waals surface area contributed by atoms with Gasteiger partial charge in [-0.25, -0.2) is 0 Å². The highest BCUT2D eigenvalue weighted by molar-refractivity contribution is 5.55. The fourth-order valence-electron chi connectivity index (χ4n) is 6.27. The average Bonchev–Trinajstić information content (AvgIpc) is 3.36. The lowest BCUT2D eigenvalue weighted by Gasteiger charge is -2.29. The first-order chi connectivity index (χ1) is 16.3. The van der Waals surface area contributed by atoms with Crippen LogP contribution in [0, 0.1) is 11.8 Å². The van der Waals surface area contributed by atoms with Crippen molar-refractivity contribution in [2.75, 3.05) is 0 Å². The lowest BCUT2D eigenvalue weighted by molar-refractivity contribution is 0.259. The molecule has 0 amide bonds. The van der Waals surface area contributed by atoms with E-state index in [0.29, 0.717) is 5.92 Å². The topological polar surface area (TPSA) is 38.9 Å². The third kappa shape index (κ3) is 6.93. The lowest BCUT2D eigenvalue weighted by Crippen LogP contribution is -2.13. The Balaban J connectivity index is 1.26. The third-order valence-corrected chi connectivity index (χ3v) is 8.56. The molecule has 0 aliphatic heterocycles. The maximum atomic E-state index is 5.73. The number of hydrogen-bond donors (Lipinski definition) is 0. The summed E-state index contributed by atoms with van der Waals surface area (Å²) < 4.78 is 5.73. The first kappa shape index (κ1) is 24.5. The van der Waals surface area contributed by atoms with Crippen LogP contribution in [0.3, 0.4) is 0 Å². The Morgan fingerprint density at radius 1 is 0.697 bits per heavy atom. The van der Waals surface area contributed by atoms with Crippen LogP contribution in [-0.2, 0) is 0 Å². The predicted octanol–water partition coefficient (Wildman–Crippen LogP) is 9.44. The van der Waals surface area contributed by atoms with Crippen LogP contribution in [0.5, 0.6) is 0 Å². The summed E-state index contributed by atoms with van der Waals surface area (Å²) in [5.74, 6) is 4.70. The van der Waals surface area contributed by atoms with E-state index in [1.807, 2.05) is 0 Å². The number of nitrogens with zero attached hydrogens (tertiary/aromatic N) is 2. The largest absolute Gasteiger partial charge is 0.339 e. The molecule has 0 bridgehead atoms. The van der Waals surface area contributed by atoms with Crippen molar-refractivity contribution < 1.29 is 4.52 Å². The monoisotopic (exact) mass is 450 g/mol. The third-order valence-electron chi connectivity index (χ3n) is 8.56. The number of rotatable bonds is 11. The van der Waals surface area contributed by atoms with Gasteiger partial charge < -0.3 is 4.52 Å². The quantitative estimate of drug-likeness (QED) is 0.320. The van der Waals surface area contributed by atoms with Gasteiger partial charge in [0.15, 0.2) is 0 Å². The van der Waals surface area contributed by atoms with Crippen LogP contribution < -0.4 is 0 Å². The number of unbranched alkanes of at least 4 members (excludes halogenated alkanes) is 4. The molecule has 0 atom stereocenters. The van der Waals surface area contributed by atoms with Gasteiger partial charge in [-0.05, 0) is 74.7 Å². The van der Waals surface area contributed by atoms with Crippen LogP contribution in [0.1, 0.15) is 140 Å². The van der Waals surface area contributed by atoms with Gasteiger partial charge >= 0.3 is 0 Å². The van der Waals surface area contributed by atoms with E-state index in [0.717, 1.165) is 35.0 Å². The minimum Gasteiger partial charge on any atom is -0.339 e. The van der Waals surface area contributed by atoms with Crippen molar-refractivity contribution in [1.82, 2.24) is 10.1 Å². The minimum atomic E-state index is 0.459. The SMILES string of the molecule is CCCCCC1CCC(c2ccc(-c3noc(C4CCC(CCCCC)CC4)n3)cc2)CC1. The van der Waals surface area contributed by atoms with Crippen LogP contribution in [0.15, 0.2) is 28.8 Å². The molecule has 0 radical (unpaired) electrons. The van der Waals surface area contributed by atoms with Crippen LogP contribution in [0.2, 0.25) is 0 Å². The van der Waals surface area contributed by atoms with Crippen molar-refractivity contribution >= 4 is 0 Å². The molecule has 3 heteroatoms. The van der Waals surface area contributed by atoms with E-state index < -0.39 is 0 Å². The van der Waals surface area contributed by atoms with Gasteiger partial charge in [-0.1, -0.05) is 94.6 Å². The molecule has 1 aromatic heterocycles. The Morgan fingerprint density at radius 2 is 1.24 bits per heavy atom. The highest BCUT2D eigenvalue weighted by Gasteiger charge is 2.27. The maximum absolute atomic E-state index is 5.73. The van der Waals surface area contributed by atoms with Crippen molar-refractivity contribution in [2.45, 2.75) is 128 Å². The Hall–Kier alpha value is -1.64. The summed E-state index contributed by atoms with van der Waals surface area (Å²) in [6.07, 6.45) is 21.7. The first-order valence-electron chi connectivity index (χ1n) is 14.2. The Kier molecular flexibility index (Phi) is 9.44. The molecular formula is C30H46N2O. The van der Waals surface area contributed by atoms with E-state index >= 15 is 0 Å². The van der Waals surface area contributed by atoms with E-state index in [1.165, 1.54) is 108 Å². The molecule has 2 aliphatic carbocycles. The van der Waals surface area contributed by atoms with E-state index in [4.69, 9.17) is 9.51 Å². The standard InChI is InChI=1S/C30H46N2O/c1-3-5-7-9-23-11-15-25(16-12-23)26-19-21-27(22-20-26)29-31-30(33-32-29)28-17-13-24(14-18-28)10-8-6-4-2/h19-25,28H,3-18H2,1-2H3. The summed E-state index contributed by atoms with van der Waals surface area (Å²) in [6, 6.07) is 9.05. The molecule has 2 fully saturated rings. The van der Waals surface area contributed by atoms with E-state index in [1.54, 1.807) is 0 Å². The van der Waals surface area contributed by atoms with Crippen LogP contribution in [0.25, 0.3) is 11.4 Å². The molecule has 0 N–H and O–H groups in total. The summed E-state index contributed by atoms with van der Waals surface area (Å²) in [5.41, 5.74) is 2.59. The molecule has 4 rings (SSSR count). The second kappa shape index (κ2) is 12.7. The van der Waals surface area contributed by atoms with Crippen LogP contribution in [-0.4, -0.2) is 10.1 Å². The van der Waals surface area contributed by atoms with Crippen LogP contribution in [0.4, 0.5) is 0 Å². The minimum absolute atomic E-state index is 0.459. The van der Waals surface area contributed by atoms with Gasteiger partial charge in [0.05, 0.1) is 0 Å². The van der Waals surface area contributed by atoms with Gasteiger partial charge in [0.25, 0.3) is 0 Å². The molecule has 3 nitrogen and oxygen atoms in total. The molecule has 0 saturated heterocycles. The molecule has 1 aromatic carbocycles. The van der Waals surface area contributed by atoms with Crippen molar-refractivity contribution in [3.63, 3.8) is 0 Å². The van der Waals surface area contributed by atoms with Crippen molar-refractivity contribution in [3.05, 3.63) is 35.7 Å². The fraction of sp³-hybridized carbons (Fsp3) is 0.733. The predicted molar refractivity (Wildman–Crippen MR) is 137 cm³/mol. The Labute approximate surface area is 202 Å². The Bertz CT molecular complexity index is 795. The molecular weight excluding hydrogens is 404 g/mol. The van der Waals surface area contributed by atoms with Crippen molar-refractivity contribution in [1.29, 1.82) is 0 Å². The smallest absolute Gasteiger partial charge is 0.230 e. The zero-order chi connectivity index (χ0) is 22.9. The van der Waals surface area contributed by atoms with E-state index in [-0.39, 0.29) is 0 Å². The highest BCUT2D eigenvalue weighted by atomic mass is 16.5. The van der Waals surface area contributed by atoms with Crippen LogP contribution >= 0.6 is 0 Å². The number of benzene rings is 1. The zero-order valence-corrected chi connectivity index (χ0v) is 21.2. The van der Waals surface area contributed by atoms with Crippen molar-refractivity contribution in [2.24, 2.45) is 11.8 Å². The first-order valence-corrected chi connectivity index (χ1v) is 14.2. The van der Waals surface area contributed by atoms with Gasteiger partial charge in [0.1, 0.15) is 0 Å². The summed E-state index contributed by atoms with van der Waals surface area (Å²) in [6.45, 7) is 4.59. The normalized spacial score (nSPS) is 25.9. The van der Waals surface area contributed by atoms with Gasteiger partial charge in [0.2, 0.25) is 11.7 Å². The highest BCUT2D eigenvalue weighted by Crippen LogP contribution is 2.39. The van der Waals surface area contributed by atoms with E-state index in [2.05, 4.69) is 43.3 Å². The fourth-order valence-corrected chi connectivity index (χ4v) is 6.27. The number of hydrogen-bond acceptors (Lipinski definition) is 3. The molecule has 2 saturated carbocycles. The summed E-state index contributed by atoms with van der Waals surface area (Å²) >= 11 is 0. The molecule has 0 unspecified atom stereocenters. The second-order valence-corrected chi connectivity index (χ2v) is 11.0. The number of aromatic nitrogens is 2. The molecule has 2 aromatic rings. The van der Waals surface area contributed by atoms with Gasteiger partial charge in [-0.3, -0.25) is 0 Å². The molecule has 0 spiro atoms. The Morgan fingerprint density at radius 3 is 1.79 bits per heavy atom. The molecule has 182 valence electrons.